The minimum absolute atomic E-state index is 0.277. The summed E-state index contributed by atoms with van der Waals surface area (Å²) in [5.74, 6) is -0.277. The molecule has 19 heavy (non-hydrogen) atoms. The number of anilines is 2. The van der Waals surface area contributed by atoms with E-state index in [4.69, 9.17) is 11.6 Å². The van der Waals surface area contributed by atoms with Gasteiger partial charge in [-0.05, 0) is 36.2 Å². The lowest BCUT2D eigenvalue weighted by atomic mass is 10.1. The molecule has 0 unspecified atom stereocenters. The van der Waals surface area contributed by atoms with E-state index in [1.165, 1.54) is 12.1 Å². The molecule has 1 aliphatic heterocycles. The van der Waals surface area contributed by atoms with Crippen LogP contribution in [0, 0.1) is 5.82 Å². The normalized spacial score (nSPS) is 13.5. The third kappa shape index (κ3) is 2.00. The van der Waals surface area contributed by atoms with Crippen LogP contribution in [-0.4, -0.2) is 12.8 Å². The van der Waals surface area contributed by atoms with E-state index < -0.39 is 0 Å². The summed E-state index contributed by atoms with van der Waals surface area (Å²) >= 11 is 6.03. The van der Waals surface area contributed by atoms with E-state index in [0.717, 1.165) is 36.2 Å². The molecule has 2 aromatic carbocycles. The molecule has 0 spiro atoms. The van der Waals surface area contributed by atoms with Gasteiger partial charge in [0.05, 0.1) is 16.3 Å². The van der Waals surface area contributed by atoms with E-state index >= 15 is 0 Å². The first-order chi connectivity index (χ1) is 9.20. The molecular weight excluding hydrogens is 265 g/mol. The molecule has 0 saturated carbocycles. The summed E-state index contributed by atoms with van der Waals surface area (Å²) in [7, 11) is 0. The fraction of sp³-hybridized carbons (Fsp3) is 0.133. The van der Waals surface area contributed by atoms with Crippen LogP contribution in [0.1, 0.15) is 15.9 Å². The summed E-state index contributed by atoms with van der Waals surface area (Å²) in [5.41, 5.74) is 3.07. The molecule has 4 heteroatoms. The Kier molecular flexibility index (Phi) is 2.99. The predicted octanol–water partition coefficient (Wildman–Crippen LogP) is 3.99. The minimum atomic E-state index is -0.277. The van der Waals surface area contributed by atoms with Crippen molar-refractivity contribution < 1.29 is 9.18 Å². The molecule has 1 heterocycles. The number of nitrogens with zero attached hydrogens (tertiary/aromatic N) is 1. The van der Waals surface area contributed by atoms with Crippen molar-refractivity contribution in [2.24, 2.45) is 0 Å². The summed E-state index contributed by atoms with van der Waals surface area (Å²) in [4.78, 5) is 13.1. The first kappa shape index (κ1) is 12.2. The maximum absolute atomic E-state index is 13.4. The number of fused-ring (bicyclic) bond motifs is 1. The monoisotopic (exact) mass is 275 g/mol. The molecule has 0 saturated heterocycles. The topological polar surface area (TPSA) is 20.3 Å². The van der Waals surface area contributed by atoms with Gasteiger partial charge in [0.2, 0.25) is 0 Å². The molecule has 0 fully saturated rings. The van der Waals surface area contributed by atoms with Gasteiger partial charge in [0, 0.05) is 12.2 Å². The van der Waals surface area contributed by atoms with Gasteiger partial charge in [-0.3, -0.25) is 4.79 Å². The quantitative estimate of drug-likeness (QED) is 0.773. The van der Waals surface area contributed by atoms with Crippen LogP contribution in [0.5, 0.6) is 0 Å². The lowest BCUT2D eigenvalue weighted by molar-refractivity contribution is 0.112. The Labute approximate surface area is 115 Å². The molecule has 96 valence electrons. The fourth-order valence-electron chi connectivity index (χ4n) is 2.48. The summed E-state index contributed by atoms with van der Waals surface area (Å²) in [6.07, 6.45) is 1.58. The van der Waals surface area contributed by atoms with Crippen molar-refractivity contribution in [3.05, 3.63) is 58.4 Å². The van der Waals surface area contributed by atoms with Crippen molar-refractivity contribution in [3.8, 4) is 0 Å². The van der Waals surface area contributed by atoms with Gasteiger partial charge in [-0.15, -0.1) is 0 Å². The van der Waals surface area contributed by atoms with E-state index in [2.05, 4.69) is 0 Å². The van der Waals surface area contributed by atoms with Crippen LogP contribution in [0.3, 0.4) is 0 Å². The average molecular weight is 276 g/mol. The first-order valence-corrected chi connectivity index (χ1v) is 6.38. The van der Waals surface area contributed by atoms with Gasteiger partial charge in [-0.25, -0.2) is 4.39 Å². The molecule has 2 nitrogen and oxygen atoms in total. The maximum Gasteiger partial charge on any atom is 0.153 e. The van der Waals surface area contributed by atoms with Crippen LogP contribution in [0.15, 0.2) is 36.4 Å². The highest BCUT2D eigenvalue weighted by Gasteiger charge is 2.23. The molecular formula is C15H11ClFNO. The van der Waals surface area contributed by atoms with Crippen molar-refractivity contribution in [2.45, 2.75) is 6.42 Å². The predicted molar refractivity (Wildman–Crippen MR) is 73.9 cm³/mol. The van der Waals surface area contributed by atoms with Crippen LogP contribution < -0.4 is 4.90 Å². The highest BCUT2D eigenvalue weighted by Crippen LogP contribution is 2.37. The van der Waals surface area contributed by atoms with Crippen molar-refractivity contribution >= 4 is 29.3 Å². The number of carbonyl (C=O) groups excluding carboxylic acids is 1. The summed E-state index contributed by atoms with van der Waals surface area (Å²) in [5, 5.41) is 0.414. The molecule has 1 aliphatic rings. The van der Waals surface area contributed by atoms with Crippen LogP contribution in [0.4, 0.5) is 15.8 Å². The highest BCUT2D eigenvalue weighted by atomic mass is 35.5. The van der Waals surface area contributed by atoms with Crippen LogP contribution in [0.2, 0.25) is 5.02 Å². The van der Waals surface area contributed by atoms with Gasteiger partial charge in [-0.1, -0.05) is 23.7 Å². The molecule has 0 bridgehead atoms. The van der Waals surface area contributed by atoms with E-state index in [0.29, 0.717) is 10.6 Å². The van der Waals surface area contributed by atoms with Crippen LogP contribution in [-0.2, 0) is 6.42 Å². The Morgan fingerprint density at radius 1 is 1.21 bits per heavy atom. The molecule has 3 rings (SSSR count). The molecule has 0 radical (unpaired) electrons. The maximum atomic E-state index is 13.4. The summed E-state index contributed by atoms with van der Waals surface area (Å²) in [6.45, 7) is 0.722. The lowest BCUT2D eigenvalue weighted by Gasteiger charge is -2.21. The van der Waals surface area contributed by atoms with E-state index in [1.807, 2.05) is 11.0 Å². The van der Waals surface area contributed by atoms with Crippen molar-refractivity contribution in [3.63, 3.8) is 0 Å². The molecule has 0 aromatic heterocycles. The second-order valence-corrected chi connectivity index (χ2v) is 4.87. The largest absolute Gasteiger partial charge is 0.340 e. The van der Waals surface area contributed by atoms with Gasteiger partial charge >= 0.3 is 0 Å². The molecule has 0 N–H and O–H groups in total. The zero-order chi connectivity index (χ0) is 13.4. The van der Waals surface area contributed by atoms with E-state index in [-0.39, 0.29) is 5.82 Å². The summed E-state index contributed by atoms with van der Waals surface area (Å²) < 4.78 is 13.4. The number of rotatable bonds is 2. The summed E-state index contributed by atoms with van der Waals surface area (Å²) in [6, 6.07) is 10.0. The van der Waals surface area contributed by atoms with Crippen molar-refractivity contribution in [2.75, 3.05) is 11.4 Å². The third-order valence-electron chi connectivity index (χ3n) is 3.38. The minimum Gasteiger partial charge on any atom is -0.340 e. The smallest absolute Gasteiger partial charge is 0.153 e. The second kappa shape index (κ2) is 4.67. The zero-order valence-electron chi connectivity index (χ0n) is 10.1. The number of aldehydes is 1. The number of benzene rings is 2. The van der Waals surface area contributed by atoms with Crippen LogP contribution >= 0.6 is 11.6 Å². The van der Waals surface area contributed by atoms with Crippen molar-refractivity contribution in [1.29, 1.82) is 0 Å². The van der Waals surface area contributed by atoms with Crippen molar-refractivity contribution in [1.82, 2.24) is 0 Å². The number of hydrogen-bond acceptors (Lipinski definition) is 2. The first-order valence-electron chi connectivity index (χ1n) is 6.00. The lowest BCUT2D eigenvalue weighted by Crippen LogP contribution is -2.15. The Hall–Kier alpha value is -1.87. The Morgan fingerprint density at radius 3 is 2.84 bits per heavy atom. The van der Waals surface area contributed by atoms with Gasteiger partial charge in [0.25, 0.3) is 0 Å². The van der Waals surface area contributed by atoms with Crippen LogP contribution in [0.25, 0.3) is 0 Å². The number of hydrogen-bond donors (Lipinski definition) is 0. The van der Waals surface area contributed by atoms with Gasteiger partial charge in [-0.2, -0.15) is 0 Å². The highest BCUT2D eigenvalue weighted by molar-refractivity contribution is 6.33. The number of carbonyl (C=O) groups is 1. The van der Waals surface area contributed by atoms with E-state index in [1.54, 1.807) is 18.2 Å². The zero-order valence-corrected chi connectivity index (χ0v) is 10.8. The Bertz CT molecular complexity index is 657. The fourth-order valence-corrected chi connectivity index (χ4v) is 2.69. The van der Waals surface area contributed by atoms with Gasteiger partial charge < -0.3 is 4.90 Å². The Balaban J connectivity index is 2.14. The third-order valence-corrected chi connectivity index (χ3v) is 3.71. The number of halogens is 2. The molecule has 0 aliphatic carbocycles. The standard InChI is InChI=1S/C15H11ClFNO/c16-13-2-1-3-14(12(13)9-19)18-7-6-10-4-5-11(17)8-15(10)18/h1-5,8-9H,6-7H2. The van der Waals surface area contributed by atoms with Gasteiger partial charge in [0.1, 0.15) is 5.82 Å². The van der Waals surface area contributed by atoms with Gasteiger partial charge in [0.15, 0.2) is 6.29 Å². The SMILES string of the molecule is O=Cc1c(Cl)cccc1N1CCc2ccc(F)cc21. The molecule has 0 amide bonds. The average Bonchev–Trinajstić information content (AvgIpc) is 2.81. The second-order valence-electron chi connectivity index (χ2n) is 4.47. The molecule has 0 atom stereocenters. The molecule has 2 aromatic rings. The Morgan fingerprint density at radius 2 is 2.05 bits per heavy atom. The van der Waals surface area contributed by atoms with E-state index in [9.17, 15) is 9.18 Å².